The zero-order chi connectivity index (χ0) is 32.7. The SMILES string of the molecule is N=c1n(CCCOc2ccc(F)cc2)c2ccccc2n1Cc1ccc(CN2CCN(Cc3ccccc3-c3ccccc3)CC2)cc1. The molecule has 1 N–H and O–H groups in total. The number of aryl methyl sites for hydroxylation is 1. The second-order valence-electron chi connectivity index (χ2n) is 12.6. The molecule has 2 heterocycles. The number of benzene rings is 5. The van der Waals surface area contributed by atoms with Gasteiger partial charge in [0, 0.05) is 45.8 Å². The van der Waals surface area contributed by atoms with Crippen LogP contribution >= 0.6 is 0 Å². The Morgan fingerprint density at radius 3 is 1.88 bits per heavy atom. The third-order valence-corrected chi connectivity index (χ3v) is 9.31. The van der Waals surface area contributed by atoms with E-state index in [9.17, 15) is 4.39 Å². The summed E-state index contributed by atoms with van der Waals surface area (Å²) >= 11 is 0. The van der Waals surface area contributed by atoms with Gasteiger partial charge < -0.3 is 13.9 Å². The predicted molar refractivity (Wildman–Crippen MR) is 190 cm³/mol. The highest BCUT2D eigenvalue weighted by molar-refractivity contribution is 5.76. The Hall–Kier alpha value is -4.98. The molecule has 0 unspecified atom stereocenters. The molecule has 5 aromatic carbocycles. The number of imidazole rings is 1. The minimum absolute atomic E-state index is 0.273. The summed E-state index contributed by atoms with van der Waals surface area (Å²) in [6.07, 6.45) is 0.742. The summed E-state index contributed by atoms with van der Waals surface area (Å²) in [5, 5.41) is 9.04. The van der Waals surface area contributed by atoms with Gasteiger partial charge in [-0.25, -0.2) is 4.39 Å². The minimum Gasteiger partial charge on any atom is -0.494 e. The molecule has 0 bridgehead atoms. The smallest absolute Gasteiger partial charge is 0.203 e. The summed E-state index contributed by atoms with van der Waals surface area (Å²) in [5.41, 5.74) is 9.08. The van der Waals surface area contributed by atoms with Gasteiger partial charge in [0.2, 0.25) is 5.62 Å². The lowest BCUT2D eigenvalue weighted by atomic mass is 9.99. The topological polar surface area (TPSA) is 49.4 Å². The fourth-order valence-corrected chi connectivity index (χ4v) is 6.72. The van der Waals surface area contributed by atoms with E-state index >= 15 is 0 Å². The van der Waals surface area contributed by atoms with Crippen molar-refractivity contribution in [1.82, 2.24) is 18.9 Å². The Balaban J connectivity index is 0.936. The molecule has 0 atom stereocenters. The van der Waals surface area contributed by atoms with Gasteiger partial charge in [-0.1, -0.05) is 91.0 Å². The molecule has 7 rings (SSSR count). The summed E-state index contributed by atoms with van der Waals surface area (Å²) in [5.74, 6) is 0.381. The van der Waals surface area contributed by atoms with Gasteiger partial charge in [-0.15, -0.1) is 0 Å². The van der Waals surface area contributed by atoms with Gasteiger partial charge in [0.1, 0.15) is 11.6 Å². The Kier molecular flexibility index (Phi) is 9.77. The monoisotopic (exact) mass is 639 g/mol. The van der Waals surface area contributed by atoms with E-state index in [1.807, 2.05) is 12.1 Å². The summed E-state index contributed by atoms with van der Waals surface area (Å²) in [4.78, 5) is 5.13. The highest BCUT2D eigenvalue weighted by Gasteiger charge is 2.19. The Morgan fingerprint density at radius 1 is 0.583 bits per heavy atom. The number of nitrogens with one attached hydrogen (secondary N) is 1. The summed E-state index contributed by atoms with van der Waals surface area (Å²) in [7, 11) is 0. The van der Waals surface area contributed by atoms with Gasteiger partial charge in [0.25, 0.3) is 0 Å². The van der Waals surface area contributed by atoms with Crippen molar-refractivity contribution in [1.29, 1.82) is 5.41 Å². The van der Waals surface area contributed by atoms with Crippen molar-refractivity contribution in [2.75, 3.05) is 32.8 Å². The van der Waals surface area contributed by atoms with E-state index in [1.165, 1.54) is 39.9 Å². The maximum absolute atomic E-state index is 13.2. The van der Waals surface area contributed by atoms with Crippen LogP contribution in [0.15, 0.2) is 127 Å². The second kappa shape index (κ2) is 14.8. The summed E-state index contributed by atoms with van der Waals surface area (Å²) in [6, 6.07) is 42.7. The van der Waals surface area contributed by atoms with Crippen molar-refractivity contribution >= 4 is 11.0 Å². The van der Waals surface area contributed by atoms with Crippen LogP contribution in [0, 0.1) is 11.2 Å². The number of piperazine rings is 1. The number of fused-ring (bicyclic) bond motifs is 1. The number of ether oxygens (including phenoxy) is 1. The van der Waals surface area contributed by atoms with Crippen LogP contribution in [0.5, 0.6) is 5.75 Å². The van der Waals surface area contributed by atoms with E-state index in [2.05, 4.69) is 110 Å². The summed E-state index contributed by atoms with van der Waals surface area (Å²) in [6.45, 7) is 7.97. The van der Waals surface area contributed by atoms with Crippen molar-refractivity contribution in [2.24, 2.45) is 0 Å². The molecular weight excluding hydrogens is 597 g/mol. The van der Waals surface area contributed by atoms with E-state index in [4.69, 9.17) is 10.1 Å². The molecule has 6 nitrogen and oxygen atoms in total. The van der Waals surface area contributed by atoms with E-state index in [0.717, 1.165) is 56.7 Å². The highest BCUT2D eigenvalue weighted by Crippen LogP contribution is 2.25. The van der Waals surface area contributed by atoms with Crippen LogP contribution in [-0.2, 0) is 26.2 Å². The Bertz CT molecular complexity index is 1990. The number of nitrogens with zero attached hydrogens (tertiary/aromatic N) is 4. The summed E-state index contributed by atoms with van der Waals surface area (Å²) < 4.78 is 23.1. The zero-order valence-electron chi connectivity index (χ0n) is 27.3. The fraction of sp³-hybridized carbons (Fsp3) is 0.244. The first-order chi connectivity index (χ1) is 23.6. The lowest BCUT2D eigenvalue weighted by Crippen LogP contribution is -2.45. The number of hydrogen-bond donors (Lipinski definition) is 1. The van der Waals surface area contributed by atoms with Crippen molar-refractivity contribution in [3.8, 4) is 16.9 Å². The van der Waals surface area contributed by atoms with Crippen LogP contribution in [0.25, 0.3) is 22.2 Å². The Labute approximate surface area is 281 Å². The molecular formula is C41H42FN5O. The van der Waals surface area contributed by atoms with Crippen molar-refractivity contribution in [3.05, 3.63) is 156 Å². The molecule has 1 aromatic heterocycles. The fourth-order valence-electron chi connectivity index (χ4n) is 6.72. The maximum Gasteiger partial charge on any atom is 0.203 e. The van der Waals surface area contributed by atoms with E-state index in [1.54, 1.807) is 12.1 Å². The standard InChI is InChI=1S/C41H42FN5O/c42-36-19-21-37(22-20-36)48-28-8-23-46-39-13-6-7-14-40(39)47(41(46)43)30-33-17-15-32(16-18-33)29-44-24-26-45(27-25-44)31-35-11-4-5-12-38(35)34-9-2-1-3-10-34/h1-7,9-22,43H,8,23-31H2. The quantitative estimate of drug-likeness (QED) is 0.141. The van der Waals surface area contributed by atoms with Gasteiger partial charge in [-0.2, -0.15) is 0 Å². The van der Waals surface area contributed by atoms with Gasteiger partial charge in [0.05, 0.1) is 24.2 Å². The van der Waals surface area contributed by atoms with Gasteiger partial charge in [-0.05, 0) is 70.6 Å². The molecule has 244 valence electrons. The third-order valence-electron chi connectivity index (χ3n) is 9.31. The first-order valence-corrected chi connectivity index (χ1v) is 16.9. The van der Waals surface area contributed by atoms with E-state index < -0.39 is 0 Å². The van der Waals surface area contributed by atoms with Gasteiger partial charge in [-0.3, -0.25) is 15.2 Å². The average Bonchev–Trinajstić information content (AvgIpc) is 3.39. The molecule has 0 radical (unpaired) electrons. The van der Waals surface area contributed by atoms with Crippen LogP contribution in [-0.4, -0.2) is 51.7 Å². The highest BCUT2D eigenvalue weighted by atomic mass is 19.1. The molecule has 1 aliphatic rings. The number of aromatic nitrogens is 2. The number of rotatable bonds is 12. The zero-order valence-corrected chi connectivity index (χ0v) is 27.3. The first kappa shape index (κ1) is 31.6. The van der Waals surface area contributed by atoms with Crippen LogP contribution in [0.2, 0.25) is 0 Å². The second-order valence-corrected chi connectivity index (χ2v) is 12.6. The van der Waals surface area contributed by atoms with Gasteiger partial charge >= 0.3 is 0 Å². The molecule has 1 saturated heterocycles. The molecule has 1 aliphatic heterocycles. The average molecular weight is 640 g/mol. The molecule has 7 heteroatoms. The van der Waals surface area contributed by atoms with Crippen LogP contribution in [0.3, 0.4) is 0 Å². The molecule has 0 saturated carbocycles. The molecule has 6 aromatic rings. The molecule has 0 aliphatic carbocycles. The largest absolute Gasteiger partial charge is 0.494 e. The predicted octanol–water partition coefficient (Wildman–Crippen LogP) is 7.56. The minimum atomic E-state index is -0.273. The normalized spacial score (nSPS) is 14.0. The van der Waals surface area contributed by atoms with Crippen LogP contribution in [0.1, 0.15) is 23.1 Å². The maximum atomic E-state index is 13.2. The first-order valence-electron chi connectivity index (χ1n) is 16.9. The van der Waals surface area contributed by atoms with Crippen molar-refractivity contribution < 1.29 is 9.13 Å². The van der Waals surface area contributed by atoms with Crippen LogP contribution in [0.4, 0.5) is 4.39 Å². The lowest BCUT2D eigenvalue weighted by Gasteiger charge is -2.35. The molecule has 1 fully saturated rings. The number of halogens is 1. The van der Waals surface area contributed by atoms with Gasteiger partial charge in [0.15, 0.2) is 0 Å². The number of para-hydroxylation sites is 2. The van der Waals surface area contributed by atoms with E-state index in [-0.39, 0.29) is 5.82 Å². The molecule has 48 heavy (non-hydrogen) atoms. The Morgan fingerprint density at radius 2 is 1.17 bits per heavy atom. The van der Waals surface area contributed by atoms with Crippen molar-refractivity contribution in [2.45, 2.75) is 32.6 Å². The molecule has 0 spiro atoms. The van der Waals surface area contributed by atoms with E-state index in [0.29, 0.717) is 31.1 Å². The van der Waals surface area contributed by atoms with Crippen molar-refractivity contribution in [3.63, 3.8) is 0 Å². The number of hydrogen-bond acceptors (Lipinski definition) is 4. The molecule has 0 amide bonds. The lowest BCUT2D eigenvalue weighted by molar-refractivity contribution is 0.122. The third kappa shape index (κ3) is 7.43. The van der Waals surface area contributed by atoms with Crippen LogP contribution < -0.4 is 10.4 Å².